The molecule has 0 amide bonds. The number of likely N-dealkylation sites (tertiary alicyclic amines) is 1. The fourth-order valence-electron chi connectivity index (χ4n) is 4.53. The Bertz CT molecular complexity index is 1030. The van der Waals surface area contributed by atoms with Crippen molar-refractivity contribution >= 4 is 22.5 Å². The Hall–Kier alpha value is -2.03. The van der Waals surface area contributed by atoms with Crippen molar-refractivity contribution in [3.05, 3.63) is 59.3 Å². The average Bonchev–Trinajstić information content (AvgIpc) is 3.14. The minimum atomic E-state index is 0.376. The normalized spacial score (nSPS) is 19.7. The predicted molar refractivity (Wildman–Crippen MR) is 136 cm³/mol. The number of alkyl halides is 1. The highest BCUT2D eigenvalue weighted by molar-refractivity contribution is 6.17. The van der Waals surface area contributed by atoms with Crippen LogP contribution >= 0.6 is 11.6 Å². The fraction of sp³-hybridized carbons (Fsp3) is 0.481. The Morgan fingerprint density at radius 3 is 2.75 bits per heavy atom. The molecule has 1 unspecified atom stereocenters. The van der Waals surface area contributed by atoms with E-state index in [4.69, 9.17) is 11.6 Å². The highest BCUT2D eigenvalue weighted by atomic mass is 35.5. The summed E-state index contributed by atoms with van der Waals surface area (Å²) in [7, 11) is 2.21. The van der Waals surface area contributed by atoms with E-state index in [0.717, 1.165) is 25.2 Å². The summed E-state index contributed by atoms with van der Waals surface area (Å²) in [6, 6.07) is 9.96. The van der Waals surface area contributed by atoms with E-state index in [2.05, 4.69) is 88.4 Å². The van der Waals surface area contributed by atoms with Crippen LogP contribution < -0.4 is 10.6 Å². The second-order valence-corrected chi connectivity index (χ2v) is 9.43. The molecule has 0 saturated carbocycles. The third kappa shape index (κ3) is 6.05. The van der Waals surface area contributed by atoms with E-state index in [1.165, 1.54) is 48.0 Å². The number of rotatable bonds is 7. The van der Waals surface area contributed by atoms with Crippen LogP contribution in [0.25, 0.3) is 10.9 Å². The van der Waals surface area contributed by atoms with Crippen LogP contribution in [0.4, 0.5) is 0 Å². The van der Waals surface area contributed by atoms with Gasteiger partial charge in [0, 0.05) is 42.0 Å². The van der Waals surface area contributed by atoms with Crippen molar-refractivity contribution in [2.75, 3.05) is 32.6 Å². The molecule has 1 aliphatic heterocycles. The third-order valence-electron chi connectivity index (χ3n) is 6.54. The van der Waals surface area contributed by atoms with Gasteiger partial charge in [-0.15, -0.1) is 11.6 Å². The predicted octanol–water partition coefficient (Wildman–Crippen LogP) is 4.28. The topological polar surface area (TPSA) is 32.2 Å². The number of fused-ring (bicyclic) bond motifs is 1. The molecular formula is C27H35ClN4. The van der Waals surface area contributed by atoms with Gasteiger partial charge in [0.05, 0.1) is 12.2 Å². The number of aromatic nitrogens is 1. The first-order valence-corrected chi connectivity index (χ1v) is 12.3. The maximum atomic E-state index is 6.11. The van der Waals surface area contributed by atoms with Gasteiger partial charge in [0.1, 0.15) is 0 Å². The standard InChI is InChI=1S/C27H35ClN4/c1-21-5-8-24(9-6-21)29-14-3-4-26-19-23-18-22(7-10-27(23)32(26)17-13-28)20-30-25-11-15-31(2)16-12-25/h5-8,10,18-19,24-25,29-30H,9,11-17,20H2,1-2H3. The Kier molecular flexibility index (Phi) is 8.10. The zero-order valence-electron chi connectivity index (χ0n) is 19.3. The van der Waals surface area contributed by atoms with Crippen molar-refractivity contribution in [1.82, 2.24) is 20.1 Å². The molecule has 1 aromatic carbocycles. The van der Waals surface area contributed by atoms with E-state index in [-0.39, 0.29) is 0 Å². The average molecular weight is 451 g/mol. The smallest absolute Gasteiger partial charge is 0.0931 e. The Morgan fingerprint density at radius 2 is 2.00 bits per heavy atom. The molecule has 1 aliphatic carbocycles. The molecule has 4 rings (SSSR count). The van der Waals surface area contributed by atoms with Gasteiger partial charge in [-0.05, 0) is 76.0 Å². The number of halogens is 1. The van der Waals surface area contributed by atoms with E-state index < -0.39 is 0 Å². The highest BCUT2D eigenvalue weighted by Gasteiger charge is 2.16. The maximum Gasteiger partial charge on any atom is 0.0931 e. The molecule has 2 N–H and O–H groups in total. The molecule has 1 atom stereocenters. The third-order valence-corrected chi connectivity index (χ3v) is 6.71. The van der Waals surface area contributed by atoms with Crippen LogP contribution in [0.15, 0.2) is 48.1 Å². The van der Waals surface area contributed by atoms with Gasteiger partial charge >= 0.3 is 0 Å². The molecule has 0 radical (unpaired) electrons. The summed E-state index contributed by atoms with van der Waals surface area (Å²) in [6.07, 6.45) is 10.2. The van der Waals surface area contributed by atoms with Crippen molar-refractivity contribution in [3.8, 4) is 11.8 Å². The molecule has 2 heterocycles. The lowest BCUT2D eigenvalue weighted by Crippen LogP contribution is -2.40. The number of aryl methyl sites for hydroxylation is 1. The van der Waals surface area contributed by atoms with E-state index in [0.29, 0.717) is 24.5 Å². The zero-order chi connectivity index (χ0) is 22.3. The zero-order valence-corrected chi connectivity index (χ0v) is 20.1. The number of hydrogen-bond acceptors (Lipinski definition) is 3. The second kappa shape index (κ2) is 11.2. The van der Waals surface area contributed by atoms with Crippen LogP contribution in [0.5, 0.6) is 0 Å². The number of hydrogen-bond donors (Lipinski definition) is 2. The molecule has 4 nitrogen and oxygen atoms in total. The van der Waals surface area contributed by atoms with Gasteiger partial charge in [-0.1, -0.05) is 35.8 Å². The second-order valence-electron chi connectivity index (χ2n) is 9.05. The molecular weight excluding hydrogens is 416 g/mol. The first kappa shape index (κ1) is 23.1. The van der Waals surface area contributed by atoms with Crippen molar-refractivity contribution in [2.24, 2.45) is 0 Å². The molecule has 2 aromatic rings. The number of allylic oxidation sites excluding steroid dienone is 2. The number of benzene rings is 1. The molecule has 0 bridgehead atoms. The van der Waals surface area contributed by atoms with Crippen LogP contribution in [0.2, 0.25) is 0 Å². The quantitative estimate of drug-likeness (QED) is 0.487. The van der Waals surface area contributed by atoms with Crippen molar-refractivity contribution in [3.63, 3.8) is 0 Å². The number of piperidine rings is 1. The van der Waals surface area contributed by atoms with Crippen molar-refractivity contribution in [1.29, 1.82) is 0 Å². The summed E-state index contributed by atoms with van der Waals surface area (Å²) < 4.78 is 2.25. The van der Waals surface area contributed by atoms with E-state index in [1.807, 2.05) is 0 Å². The van der Waals surface area contributed by atoms with E-state index in [9.17, 15) is 0 Å². The van der Waals surface area contributed by atoms with Crippen LogP contribution in [-0.4, -0.2) is 54.1 Å². The van der Waals surface area contributed by atoms with Gasteiger partial charge in [0.2, 0.25) is 0 Å². The SMILES string of the molecule is CC1=CCC(NCC#Cc2cc3cc(CNC4CCN(C)CC4)ccc3n2CCCl)C=C1. The van der Waals surface area contributed by atoms with Crippen molar-refractivity contribution in [2.45, 2.75) is 51.4 Å². The van der Waals surface area contributed by atoms with Gasteiger partial charge in [-0.3, -0.25) is 5.32 Å². The lowest BCUT2D eigenvalue weighted by molar-refractivity contribution is 0.234. The minimum Gasteiger partial charge on any atom is -0.333 e. The van der Waals surface area contributed by atoms with Crippen LogP contribution in [0.3, 0.4) is 0 Å². The molecule has 2 aliphatic rings. The Labute approximate surface area is 197 Å². The van der Waals surface area contributed by atoms with Gasteiger partial charge in [-0.2, -0.15) is 0 Å². The summed E-state index contributed by atoms with van der Waals surface area (Å²) in [4.78, 5) is 2.41. The first-order valence-electron chi connectivity index (χ1n) is 11.8. The van der Waals surface area contributed by atoms with E-state index >= 15 is 0 Å². The minimum absolute atomic E-state index is 0.376. The van der Waals surface area contributed by atoms with Gasteiger partial charge in [0.25, 0.3) is 0 Å². The lowest BCUT2D eigenvalue weighted by atomic mass is 10.0. The summed E-state index contributed by atoms with van der Waals surface area (Å²) >= 11 is 6.11. The van der Waals surface area contributed by atoms with Gasteiger partial charge in [0.15, 0.2) is 0 Å². The Morgan fingerprint density at radius 1 is 1.16 bits per heavy atom. The summed E-state index contributed by atoms with van der Waals surface area (Å²) in [5, 5.41) is 8.49. The molecule has 1 saturated heterocycles. The highest BCUT2D eigenvalue weighted by Crippen LogP contribution is 2.22. The van der Waals surface area contributed by atoms with Crippen LogP contribution in [-0.2, 0) is 13.1 Å². The molecule has 0 spiro atoms. The van der Waals surface area contributed by atoms with Crippen LogP contribution in [0, 0.1) is 11.8 Å². The summed E-state index contributed by atoms with van der Waals surface area (Å²) in [5.74, 6) is 7.26. The largest absolute Gasteiger partial charge is 0.333 e. The molecule has 1 aromatic heterocycles. The Balaban J connectivity index is 1.41. The number of nitrogens with one attached hydrogen (secondary N) is 2. The number of nitrogens with zero attached hydrogens (tertiary/aromatic N) is 2. The molecule has 5 heteroatoms. The van der Waals surface area contributed by atoms with Gasteiger partial charge < -0.3 is 14.8 Å². The van der Waals surface area contributed by atoms with Crippen LogP contribution in [0.1, 0.15) is 37.4 Å². The monoisotopic (exact) mass is 450 g/mol. The van der Waals surface area contributed by atoms with E-state index in [1.54, 1.807) is 0 Å². The summed E-state index contributed by atoms with van der Waals surface area (Å²) in [5.41, 5.74) is 4.91. The lowest BCUT2D eigenvalue weighted by Gasteiger charge is -2.29. The van der Waals surface area contributed by atoms with Gasteiger partial charge in [-0.25, -0.2) is 0 Å². The molecule has 32 heavy (non-hydrogen) atoms. The molecule has 170 valence electrons. The van der Waals surface area contributed by atoms with Crippen molar-refractivity contribution < 1.29 is 0 Å². The molecule has 1 fully saturated rings. The fourth-order valence-corrected chi connectivity index (χ4v) is 4.70. The maximum absolute atomic E-state index is 6.11. The summed E-state index contributed by atoms with van der Waals surface area (Å²) in [6.45, 7) is 6.86. The first-order chi connectivity index (χ1) is 15.6.